The number of rotatable bonds is 7. The maximum Gasteiger partial charge on any atom is 0.304 e. The summed E-state index contributed by atoms with van der Waals surface area (Å²) in [4.78, 5) is 10.5. The Labute approximate surface area is 126 Å². The Morgan fingerprint density at radius 2 is 2.10 bits per heavy atom. The van der Waals surface area contributed by atoms with Gasteiger partial charge in [0, 0.05) is 12.2 Å². The van der Waals surface area contributed by atoms with Crippen LogP contribution in [0.3, 0.4) is 0 Å². The van der Waals surface area contributed by atoms with Crippen LogP contribution in [0.25, 0.3) is 0 Å². The van der Waals surface area contributed by atoms with Gasteiger partial charge in [-0.05, 0) is 17.7 Å². The molecule has 21 heavy (non-hydrogen) atoms. The van der Waals surface area contributed by atoms with Gasteiger partial charge in [0.05, 0.1) is 13.5 Å². The number of carboxylic acids is 1. The van der Waals surface area contributed by atoms with Crippen LogP contribution in [0.4, 0.5) is 0 Å². The molecular formula is C13H16N4O3S. The second-order valence-electron chi connectivity index (χ2n) is 4.29. The number of carbonyl (C=O) groups is 1. The summed E-state index contributed by atoms with van der Waals surface area (Å²) in [6.45, 7) is 0. The number of carboxylic acid groups (broad SMARTS) is 1. The molecule has 112 valence electrons. The van der Waals surface area contributed by atoms with E-state index in [1.54, 1.807) is 7.11 Å². The summed E-state index contributed by atoms with van der Waals surface area (Å²) >= 11 is 1.28. The molecule has 0 aliphatic rings. The van der Waals surface area contributed by atoms with E-state index >= 15 is 0 Å². The smallest absolute Gasteiger partial charge is 0.304 e. The van der Waals surface area contributed by atoms with E-state index < -0.39 is 5.97 Å². The zero-order chi connectivity index (χ0) is 15.2. The van der Waals surface area contributed by atoms with Crippen molar-refractivity contribution in [3.05, 3.63) is 35.7 Å². The summed E-state index contributed by atoms with van der Waals surface area (Å²) < 4.78 is 6.50. The minimum Gasteiger partial charge on any atom is -0.497 e. The lowest BCUT2D eigenvalue weighted by Crippen LogP contribution is -2.14. The number of aliphatic carboxylic acids is 1. The van der Waals surface area contributed by atoms with Gasteiger partial charge in [-0.15, -0.1) is 10.2 Å². The first kappa shape index (κ1) is 15.2. The topological polar surface area (TPSA) is 103 Å². The molecule has 0 bridgehead atoms. The highest BCUT2D eigenvalue weighted by Crippen LogP contribution is 2.18. The number of ether oxygens (including phenoxy) is 1. The molecule has 1 aromatic heterocycles. The fourth-order valence-corrected chi connectivity index (χ4v) is 2.48. The van der Waals surface area contributed by atoms with Gasteiger partial charge >= 0.3 is 5.97 Å². The molecule has 0 saturated heterocycles. The van der Waals surface area contributed by atoms with Crippen molar-refractivity contribution in [3.8, 4) is 5.75 Å². The third-order valence-electron chi connectivity index (χ3n) is 2.80. The molecule has 0 amide bonds. The first-order chi connectivity index (χ1) is 10.1. The molecule has 0 aliphatic heterocycles. The molecule has 0 fully saturated rings. The van der Waals surface area contributed by atoms with Gasteiger partial charge in [0.15, 0.2) is 5.82 Å². The lowest BCUT2D eigenvalue weighted by Gasteiger charge is -2.04. The Morgan fingerprint density at radius 1 is 1.38 bits per heavy atom. The minimum atomic E-state index is -0.843. The van der Waals surface area contributed by atoms with Crippen LogP contribution < -0.4 is 10.6 Å². The number of aromatic nitrogens is 3. The van der Waals surface area contributed by atoms with E-state index in [4.69, 9.17) is 15.7 Å². The molecule has 3 N–H and O–H groups in total. The fourth-order valence-electron chi connectivity index (χ4n) is 1.68. The number of thioether (sulfide) groups is 1. The van der Waals surface area contributed by atoms with Gasteiger partial charge in [-0.25, -0.2) is 4.68 Å². The molecule has 0 aliphatic carbocycles. The molecular weight excluding hydrogens is 292 g/mol. The van der Waals surface area contributed by atoms with Crippen LogP contribution in [0.2, 0.25) is 0 Å². The number of hydrogen-bond donors (Lipinski definition) is 2. The number of benzene rings is 1. The molecule has 2 rings (SSSR count). The normalized spacial score (nSPS) is 10.5. The summed E-state index contributed by atoms with van der Waals surface area (Å²) in [5.41, 5.74) is 1.04. The Hall–Kier alpha value is -2.22. The van der Waals surface area contributed by atoms with Crippen LogP contribution in [-0.4, -0.2) is 38.8 Å². The van der Waals surface area contributed by atoms with Crippen molar-refractivity contribution in [1.82, 2.24) is 14.9 Å². The van der Waals surface area contributed by atoms with E-state index in [1.165, 1.54) is 16.4 Å². The molecule has 0 unspecified atom stereocenters. The maximum absolute atomic E-state index is 10.5. The van der Waals surface area contributed by atoms with Crippen molar-refractivity contribution in [2.45, 2.75) is 18.0 Å². The first-order valence-electron chi connectivity index (χ1n) is 6.27. The fraction of sp³-hybridized carbons (Fsp3) is 0.308. The van der Waals surface area contributed by atoms with Gasteiger partial charge in [-0.1, -0.05) is 23.9 Å². The predicted octanol–water partition coefficient (Wildman–Crippen LogP) is 1.16. The molecule has 8 heteroatoms. The standard InChI is InChI=1S/C13H16N4O3S/c1-20-10-4-2-9(3-5-10)8-11-15-16-13(17(11)14)21-7-6-12(18)19/h2-5H,6-8,14H2,1H3,(H,18,19). The molecule has 2 aromatic rings. The predicted molar refractivity (Wildman–Crippen MR) is 78.9 cm³/mol. The average Bonchev–Trinajstić information content (AvgIpc) is 2.81. The van der Waals surface area contributed by atoms with E-state index in [9.17, 15) is 4.79 Å². The van der Waals surface area contributed by atoms with Crippen LogP contribution in [0.5, 0.6) is 5.75 Å². The highest BCUT2D eigenvalue weighted by molar-refractivity contribution is 7.99. The number of nitrogens with two attached hydrogens (primary N) is 1. The number of methoxy groups -OCH3 is 1. The van der Waals surface area contributed by atoms with Gasteiger partial charge < -0.3 is 15.7 Å². The van der Waals surface area contributed by atoms with Crippen molar-refractivity contribution < 1.29 is 14.6 Å². The first-order valence-corrected chi connectivity index (χ1v) is 7.25. The van der Waals surface area contributed by atoms with E-state index in [0.717, 1.165) is 11.3 Å². The third kappa shape index (κ3) is 4.12. The number of hydrogen-bond acceptors (Lipinski definition) is 6. The molecule has 1 heterocycles. The van der Waals surface area contributed by atoms with Crippen molar-refractivity contribution in [1.29, 1.82) is 0 Å². The van der Waals surface area contributed by atoms with Crippen LogP contribution in [0.15, 0.2) is 29.4 Å². The van der Waals surface area contributed by atoms with E-state index in [2.05, 4.69) is 10.2 Å². The average molecular weight is 308 g/mol. The lowest BCUT2D eigenvalue weighted by molar-refractivity contribution is -0.136. The van der Waals surface area contributed by atoms with Crippen LogP contribution in [-0.2, 0) is 11.2 Å². The summed E-state index contributed by atoms with van der Waals surface area (Å²) in [6.07, 6.45) is 0.609. The summed E-state index contributed by atoms with van der Waals surface area (Å²) in [6, 6.07) is 7.61. The monoisotopic (exact) mass is 308 g/mol. The highest BCUT2D eigenvalue weighted by atomic mass is 32.2. The minimum absolute atomic E-state index is 0.0609. The van der Waals surface area contributed by atoms with Crippen LogP contribution in [0, 0.1) is 0 Å². The van der Waals surface area contributed by atoms with E-state index in [1.807, 2.05) is 24.3 Å². The third-order valence-corrected chi connectivity index (χ3v) is 3.75. The Balaban J connectivity index is 2.00. The molecule has 7 nitrogen and oxygen atoms in total. The highest BCUT2D eigenvalue weighted by Gasteiger charge is 2.11. The Bertz CT molecular complexity index is 612. The number of nitrogens with zero attached hydrogens (tertiary/aromatic N) is 3. The molecule has 0 radical (unpaired) electrons. The van der Waals surface area contributed by atoms with Gasteiger partial charge in [0.2, 0.25) is 5.16 Å². The summed E-state index contributed by atoms with van der Waals surface area (Å²) in [5, 5.41) is 17.1. The molecule has 0 spiro atoms. The van der Waals surface area contributed by atoms with Crippen molar-refractivity contribution in [2.24, 2.45) is 0 Å². The van der Waals surface area contributed by atoms with Crippen molar-refractivity contribution in [2.75, 3.05) is 18.7 Å². The lowest BCUT2D eigenvalue weighted by atomic mass is 10.1. The summed E-state index contributed by atoms with van der Waals surface area (Å²) in [5.74, 6) is 6.90. The quantitative estimate of drug-likeness (QED) is 0.584. The maximum atomic E-state index is 10.5. The SMILES string of the molecule is COc1ccc(Cc2nnc(SCCC(=O)O)n2N)cc1. The second kappa shape index (κ2) is 6.98. The zero-order valence-electron chi connectivity index (χ0n) is 11.5. The van der Waals surface area contributed by atoms with E-state index in [0.29, 0.717) is 23.2 Å². The van der Waals surface area contributed by atoms with Gasteiger partial charge in [-0.3, -0.25) is 4.79 Å². The van der Waals surface area contributed by atoms with Gasteiger partial charge in [0.25, 0.3) is 0 Å². The molecule has 0 atom stereocenters. The van der Waals surface area contributed by atoms with Crippen LogP contribution >= 0.6 is 11.8 Å². The van der Waals surface area contributed by atoms with Gasteiger partial charge in [-0.2, -0.15) is 0 Å². The van der Waals surface area contributed by atoms with Crippen molar-refractivity contribution in [3.63, 3.8) is 0 Å². The number of nitrogen functional groups attached to an aromatic ring is 1. The van der Waals surface area contributed by atoms with Crippen LogP contribution in [0.1, 0.15) is 17.8 Å². The van der Waals surface area contributed by atoms with E-state index in [-0.39, 0.29) is 6.42 Å². The largest absolute Gasteiger partial charge is 0.497 e. The Morgan fingerprint density at radius 3 is 2.71 bits per heavy atom. The van der Waals surface area contributed by atoms with Crippen molar-refractivity contribution >= 4 is 17.7 Å². The second-order valence-corrected chi connectivity index (χ2v) is 5.35. The zero-order valence-corrected chi connectivity index (χ0v) is 12.3. The summed E-state index contributed by atoms with van der Waals surface area (Å²) in [7, 11) is 1.62. The Kier molecular flexibility index (Phi) is 5.04. The molecule has 0 saturated carbocycles. The molecule has 1 aromatic carbocycles. The van der Waals surface area contributed by atoms with Gasteiger partial charge in [0.1, 0.15) is 5.75 Å².